The number of hydrogen-bond acceptors (Lipinski definition) is 8. The van der Waals surface area contributed by atoms with Crippen LogP contribution in [0.1, 0.15) is 20.3 Å². The summed E-state index contributed by atoms with van der Waals surface area (Å²) in [4.78, 5) is 48.8. The maximum Gasteiger partial charge on any atom is 0.324 e. The Morgan fingerprint density at radius 3 is 2.18 bits per heavy atom. The maximum atomic E-state index is 12.3. The molecular formula is C14H18O8. The summed E-state index contributed by atoms with van der Waals surface area (Å²) in [6, 6.07) is 0. The third-order valence-corrected chi connectivity index (χ3v) is 4.38. The van der Waals surface area contributed by atoms with Gasteiger partial charge in [-0.1, -0.05) is 0 Å². The van der Waals surface area contributed by atoms with Crippen molar-refractivity contribution in [1.82, 2.24) is 0 Å². The van der Waals surface area contributed by atoms with Crippen LogP contribution in [0.25, 0.3) is 0 Å². The molecule has 0 aromatic heterocycles. The van der Waals surface area contributed by atoms with Crippen molar-refractivity contribution in [3.63, 3.8) is 0 Å². The topological polar surface area (TPSA) is 105 Å². The molecule has 1 heterocycles. The van der Waals surface area contributed by atoms with Gasteiger partial charge in [0.25, 0.3) is 0 Å². The lowest BCUT2D eigenvalue weighted by atomic mass is 9.74. The summed E-state index contributed by atoms with van der Waals surface area (Å²) in [5.74, 6) is -5.60. The van der Waals surface area contributed by atoms with Crippen LogP contribution >= 0.6 is 0 Å². The van der Waals surface area contributed by atoms with Crippen molar-refractivity contribution in [2.24, 2.45) is 17.3 Å². The van der Waals surface area contributed by atoms with Gasteiger partial charge >= 0.3 is 23.9 Å². The number of ether oxygens (including phenoxy) is 4. The van der Waals surface area contributed by atoms with Crippen LogP contribution < -0.4 is 0 Å². The van der Waals surface area contributed by atoms with Gasteiger partial charge in [0.05, 0.1) is 20.8 Å². The lowest BCUT2D eigenvalue weighted by Gasteiger charge is -2.41. The fraction of sp³-hybridized carbons (Fsp3) is 0.714. The first-order valence-corrected chi connectivity index (χ1v) is 6.84. The Kier molecular flexibility index (Phi) is 3.88. The van der Waals surface area contributed by atoms with Gasteiger partial charge in [-0.25, -0.2) is 0 Å². The zero-order chi connectivity index (χ0) is 16.7. The van der Waals surface area contributed by atoms with E-state index in [-0.39, 0.29) is 13.0 Å². The minimum Gasteiger partial charge on any atom is -0.468 e. The highest BCUT2D eigenvalue weighted by atomic mass is 16.6. The number of rotatable bonds is 4. The fourth-order valence-corrected chi connectivity index (χ4v) is 3.55. The number of hydrogen-bond donors (Lipinski definition) is 0. The van der Waals surface area contributed by atoms with Crippen molar-refractivity contribution in [3.8, 4) is 0 Å². The smallest absolute Gasteiger partial charge is 0.324 e. The summed E-state index contributed by atoms with van der Waals surface area (Å²) in [5, 5.41) is 0. The SMILES string of the molecule is CCOC(=O)[C@H]1[C@@H]2C(=O)O[C@]2(C)CC1(C(=O)OC)C(=O)OC. The molecule has 0 amide bonds. The van der Waals surface area contributed by atoms with Crippen molar-refractivity contribution in [2.45, 2.75) is 25.9 Å². The summed E-state index contributed by atoms with van der Waals surface area (Å²) in [6.07, 6.45) is -0.181. The normalized spacial score (nSPS) is 31.4. The van der Waals surface area contributed by atoms with Crippen molar-refractivity contribution in [1.29, 1.82) is 0 Å². The quantitative estimate of drug-likeness (QED) is 0.400. The van der Waals surface area contributed by atoms with Crippen LogP contribution in [0, 0.1) is 17.3 Å². The van der Waals surface area contributed by atoms with E-state index in [1.165, 1.54) is 0 Å². The predicted molar refractivity (Wildman–Crippen MR) is 69.2 cm³/mol. The third kappa shape index (κ3) is 1.89. The van der Waals surface area contributed by atoms with Crippen molar-refractivity contribution in [2.75, 3.05) is 20.8 Å². The molecule has 2 rings (SSSR count). The molecule has 1 saturated carbocycles. The summed E-state index contributed by atoms with van der Waals surface area (Å²) in [6.45, 7) is 3.20. The lowest BCUT2D eigenvalue weighted by Crippen LogP contribution is -2.55. The zero-order valence-electron chi connectivity index (χ0n) is 12.8. The van der Waals surface area contributed by atoms with Crippen LogP contribution in [0.15, 0.2) is 0 Å². The second-order valence-corrected chi connectivity index (χ2v) is 5.57. The van der Waals surface area contributed by atoms with Crippen molar-refractivity contribution in [3.05, 3.63) is 0 Å². The van der Waals surface area contributed by atoms with Gasteiger partial charge in [-0.2, -0.15) is 0 Å². The molecule has 0 spiro atoms. The van der Waals surface area contributed by atoms with Gasteiger partial charge in [-0.15, -0.1) is 0 Å². The highest BCUT2D eigenvalue weighted by molar-refractivity contribution is 6.07. The van der Waals surface area contributed by atoms with E-state index in [2.05, 4.69) is 0 Å². The lowest BCUT2D eigenvalue weighted by molar-refractivity contribution is -0.208. The van der Waals surface area contributed by atoms with Gasteiger partial charge < -0.3 is 18.9 Å². The number of esters is 4. The Morgan fingerprint density at radius 1 is 1.23 bits per heavy atom. The molecule has 1 saturated heterocycles. The third-order valence-electron chi connectivity index (χ3n) is 4.38. The minimum atomic E-state index is -1.94. The first-order chi connectivity index (χ1) is 10.3. The van der Waals surface area contributed by atoms with E-state index >= 15 is 0 Å². The summed E-state index contributed by atoms with van der Waals surface area (Å²) < 4.78 is 19.5. The van der Waals surface area contributed by atoms with Gasteiger partial charge in [0, 0.05) is 6.42 Å². The highest BCUT2D eigenvalue weighted by Gasteiger charge is 2.78. The van der Waals surface area contributed by atoms with Crippen LogP contribution in [0.5, 0.6) is 0 Å². The number of methoxy groups -OCH3 is 2. The molecule has 0 radical (unpaired) electrons. The van der Waals surface area contributed by atoms with E-state index < -0.39 is 46.7 Å². The molecule has 1 aliphatic carbocycles. The van der Waals surface area contributed by atoms with E-state index in [1.54, 1.807) is 13.8 Å². The Balaban J connectivity index is 2.58. The Bertz CT molecular complexity index is 523. The molecule has 0 aromatic carbocycles. The monoisotopic (exact) mass is 314 g/mol. The van der Waals surface area contributed by atoms with Gasteiger partial charge in [0.15, 0.2) is 5.41 Å². The molecular weight excluding hydrogens is 296 g/mol. The van der Waals surface area contributed by atoms with Gasteiger partial charge in [0.2, 0.25) is 0 Å². The van der Waals surface area contributed by atoms with Crippen LogP contribution in [0.3, 0.4) is 0 Å². The minimum absolute atomic E-state index is 0.0479. The second-order valence-electron chi connectivity index (χ2n) is 5.57. The average molecular weight is 314 g/mol. The van der Waals surface area contributed by atoms with E-state index in [0.29, 0.717) is 0 Å². The molecule has 122 valence electrons. The van der Waals surface area contributed by atoms with E-state index in [1.807, 2.05) is 0 Å². The Morgan fingerprint density at radius 2 is 1.77 bits per heavy atom. The fourth-order valence-electron chi connectivity index (χ4n) is 3.55. The first kappa shape index (κ1) is 16.3. The molecule has 1 aliphatic heterocycles. The molecule has 22 heavy (non-hydrogen) atoms. The Hall–Kier alpha value is -2.12. The molecule has 8 nitrogen and oxygen atoms in total. The maximum absolute atomic E-state index is 12.3. The molecule has 8 heteroatoms. The van der Waals surface area contributed by atoms with Gasteiger partial charge in [-0.3, -0.25) is 19.2 Å². The standard InChI is InChI=1S/C14H18O8/c1-5-21-9(15)8-7-10(16)22-13(7,2)6-14(8,11(17)19-3)12(18)20-4/h7-8H,5-6H2,1-4H3/t7-,8-,13-/m1/s1. The number of carbonyl (C=O) groups is 4. The zero-order valence-corrected chi connectivity index (χ0v) is 12.8. The molecule has 0 aromatic rings. The predicted octanol–water partition coefficient (Wildman–Crippen LogP) is -0.166. The summed E-state index contributed by atoms with van der Waals surface area (Å²) in [5.41, 5.74) is -3.04. The van der Waals surface area contributed by atoms with Crippen molar-refractivity contribution >= 4 is 23.9 Å². The van der Waals surface area contributed by atoms with Crippen LogP contribution in [-0.2, 0) is 38.1 Å². The molecule has 2 fully saturated rings. The number of carbonyl (C=O) groups excluding carboxylic acids is 4. The largest absolute Gasteiger partial charge is 0.468 e. The summed E-state index contributed by atoms with van der Waals surface area (Å²) >= 11 is 0. The van der Waals surface area contributed by atoms with Crippen LogP contribution in [0.4, 0.5) is 0 Å². The molecule has 2 aliphatic rings. The molecule has 0 N–H and O–H groups in total. The highest BCUT2D eigenvalue weighted by Crippen LogP contribution is 2.60. The van der Waals surface area contributed by atoms with E-state index in [0.717, 1.165) is 14.2 Å². The second kappa shape index (κ2) is 5.26. The molecule has 3 atom stereocenters. The van der Waals surface area contributed by atoms with Gasteiger partial charge in [0.1, 0.15) is 17.4 Å². The van der Waals surface area contributed by atoms with E-state index in [9.17, 15) is 19.2 Å². The molecule has 0 bridgehead atoms. The van der Waals surface area contributed by atoms with Crippen LogP contribution in [-0.4, -0.2) is 50.3 Å². The Labute approximate surface area is 127 Å². The van der Waals surface area contributed by atoms with Crippen molar-refractivity contribution < 1.29 is 38.1 Å². The average Bonchev–Trinajstić information content (AvgIpc) is 2.70. The first-order valence-electron chi connectivity index (χ1n) is 6.84. The number of fused-ring (bicyclic) bond motifs is 1. The van der Waals surface area contributed by atoms with Gasteiger partial charge in [-0.05, 0) is 13.8 Å². The van der Waals surface area contributed by atoms with E-state index in [4.69, 9.17) is 18.9 Å². The van der Waals surface area contributed by atoms with Crippen LogP contribution in [0.2, 0.25) is 0 Å². The molecule has 0 unspecified atom stereocenters. The summed E-state index contributed by atoms with van der Waals surface area (Å²) in [7, 11) is 2.20.